The van der Waals surface area contributed by atoms with Gasteiger partial charge in [0.1, 0.15) is 17.4 Å². The third kappa shape index (κ3) is 4.81. The van der Waals surface area contributed by atoms with Gasteiger partial charge in [0.2, 0.25) is 0 Å². The highest BCUT2D eigenvalue weighted by Gasteiger charge is 2.18. The summed E-state index contributed by atoms with van der Waals surface area (Å²) in [5.74, 6) is -1.31. The number of pyridine rings is 1. The Morgan fingerprint density at radius 1 is 0.941 bits per heavy atom. The Morgan fingerprint density at radius 3 is 2.35 bits per heavy atom. The van der Waals surface area contributed by atoms with Crippen LogP contribution in [0.2, 0.25) is 0 Å². The predicted molar refractivity (Wildman–Crippen MR) is 125 cm³/mol. The van der Waals surface area contributed by atoms with Crippen LogP contribution in [0.3, 0.4) is 0 Å². The maximum Gasteiger partial charge on any atom is 0.262 e. The molecule has 1 aromatic heterocycles. The van der Waals surface area contributed by atoms with Crippen molar-refractivity contribution in [3.63, 3.8) is 0 Å². The Labute approximate surface area is 194 Å². The zero-order valence-corrected chi connectivity index (χ0v) is 18.9. The first-order valence-electron chi connectivity index (χ1n) is 10.0. The highest BCUT2D eigenvalue weighted by atomic mass is 32.2. The first kappa shape index (κ1) is 23.1. The van der Waals surface area contributed by atoms with Crippen molar-refractivity contribution in [3.8, 4) is 5.75 Å². The fraction of sp³-hybridized carbons (Fsp3) is 0.0833. The molecule has 1 amide bonds. The molecule has 2 N–H and O–H groups in total. The lowest BCUT2D eigenvalue weighted by Gasteiger charge is -2.14. The number of nitrogens with zero attached hydrogens (tertiary/aromatic N) is 1. The lowest BCUT2D eigenvalue weighted by Crippen LogP contribution is -2.15. The van der Waals surface area contributed by atoms with Crippen LogP contribution in [0.25, 0.3) is 10.9 Å². The lowest BCUT2D eigenvalue weighted by molar-refractivity contribution is 0.102. The topological polar surface area (TPSA) is 97.4 Å². The van der Waals surface area contributed by atoms with Crippen LogP contribution in [0.4, 0.5) is 20.2 Å². The van der Waals surface area contributed by atoms with Crippen LogP contribution in [0.5, 0.6) is 5.75 Å². The molecule has 10 heteroatoms. The summed E-state index contributed by atoms with van der Waals surface area (Å²) < 4.78 is 59.9. The van der Waals surface area contributed by atoms with Gasteiger partial charge in [-0.3, -0.25) is 14.5 Å². The SMILES string of the molecule is COc1ccc(NC(=O)c2cc(C)nc3cc(F)ccc23)cc1NS(=O)(=O)c1ccc(F)cc1. The van der Waals surface area contributed by atoms with Crippen molar-refractivity contribution < 1.29 is 26.7 Å². The van der Waals surface area contributed by atoms with Crippen LogP contribution < -0.4 is 14.8 Å². The van der Waals surface area contributed by atoms with Crippen molar-refractivity contribution in [1.82, 2.24) is 4.98 Å². The molecule has 174 valence electrons. The summed E-state index contributed by atoms with van der Waals surface area (Å²) >= 11 is 0. The van der Waals surface area contributed by atoms with E-state index in [1.54, 1.807) is 19.1 Å². The number of amides is 1. The Morgan fingerprint density at radius 2 is 1.65 bits per heavy atom. The second-order valence-electron chi connectivity index (χ2n) is 7.40. The molecule has 0 unspecified atom stereocenters. The van der Waals surface area contributed by atoms with Crippen LogP contribution in [0.15, 0.2) is 71.6 Å². The molecule has 0 radical (unpaired) electrons. The van der Waals surface area contributed by atoms with Crippen molar-refractivity contribution in [2.24, 2.45) is 0 Å². The van der Waals surface area contributed by atoms with Crippen LogP contribution in [0, 0.1) is 18.6 Å². The quantitative estimate of drug-likeness (QED) is 0.407. The van der Waals surface area contributed by atoms with Gasteiger partial charge in [-0.05, 0) is 67.6 Å². The molecule has 3 aromatic carbocycles. The number of rotatable bonds is 6. The highest BCUT2D eigenvalue weighted by molar-refractivity contribution is 7.92. The molecule has 0 saturated heterocycles. The monoisotopic (exact) mass is 483 g/mol. The van der Waals surface area contributed by atoms with E-state index in [1.807, 2.05) is 0 Å². The molecular formula is C24H19F2N3O4S. The van der Waals surface area contributed by atoms with E-state index in [1.165, 1.54) is 37.4 Å². The smallest absolute Gasteiger partial charge is 0.262 e. The number of aryl methyl sites for hydroxylation is 1. The van der Waals surface area contributed by atoms with Gasteiger partial charge in [0.05, 0.1) is 28.8 Å². The number of anilines is 2. The number of benzene rings is 3. The summed E-state index contributed by atoms with van der Waals surface area (Å²) in [5, 5.41) is 3.18. The summed E-state index contributed by atoms with van der Waals surface area (Å²) in [4.78, 5) is 17.2. The number of sulfonamides is 1. The molecule has 0 aliphatic rings. The number of hydrogen-bond donors (Lipinski definition) is 2. The van der Waals surface area contributed by atoms with Crippen molar-refractivity contribution >= 4 is 38.2 Å². The van der Waals surface area contributed by atoms with E-state index in [2.05, 4.69) is 15.0 Å². The molecule has 4 aromatic rings. The van der Waals surface area contributed by atoms with E-state index in [9.17, 15) is 22.0 Å². The van der Waals surface area contributed by atoms with Gasteiger partial charge in [0.15, 0.2) is 0 Å². The van der Waals surface area contributed by atoms with E-state index in [0.29, 0.717) is 16.6 Å². The zero-order valence-electron chi connectivity index (χ0n) is 18.1. The molecule has 4 rings (SSSR count). The maximum absolute atomic E-state index is 13.6. The van der Waals surface area contributed by atoms with Crippen molar-refractivity contribution in [3.05, 3.63) is 89.6 Å². The third-order valence-electron chi connectivity index (χ3n) is 4.97. The van der Waals surface area contributed by atoms with Gasteiger partial charge in [-0.2, -0.15) is 0 Å². The summed E-state index contributed by atoms with van der Waals surface area (Å²) in [6.45, 7) is 1.69. The van der Waals surface area contributed by atoms with E-state index in [-0.39, 0.29) is 27.6 Å². The molecule has 0 aliphatic heterocycles. The zero-order chi connectivity index (χ0) is 24.5. The number of nitrogens with one attached hydrogen (secondary N) is 2. The standard InChI is InChI=1S/C24H19F2N3O4S/c1-14-11-20(19-9-5-16(26)12-21(19)27-14)24(30)28-17-6-10-23(33-2)22(13-17)29-34(31,32)18-7-3-15(25)4-8-18/h3-13,29H,1-2H3,(H,28,30). The molecular weight excluding hydrogens is 464 g/mol. The van der Waals surface area contributed by atoms with Crippen LogP contribution in [-0.2, 0) is 10.0 Å². The first-order chi connectivity index (χ1) is 16.2. The number of carbonyl (C=O) groups is 1. The van der Waals surface area contributed by atoms with Crippen LogP contribution in [-0.4, -0.2) is 26.4 Å². The van der Waals surface area contributed by atoms with Crippen LogP contribution in [0.1, 0.15) is 16.1 Å². The van der Waals surface area contributed by atoms with Crippen molar-refractivity contribution in [2.45, 2.75) is 11.8 Å². The average Bonchev–Trinajstić information content (AvgIpc) is 2.78. The normalized spacial score (nSPS) is 11.3. The number of methoxy groups -OCH3 is 1. The predicted octanol–water partition coefficient (Wildman–Crippen LogP) is 4.88. The number of ether oxygens (including phenoxy) is 1. The molecule has 34 heavy (non-hydrogen) atoms. The van der Waals surface area contributed by atoms with Gasteiger partial charge in [-0.1, -0.05) is 0 Å². The van der Waals surface area contributed by atoms with E-state index in [0.717, 1.165) is 24.3 Å². The second-order valence-corrected chi connectivity index (χ2v) is 9.08. The number of aromatic nitrogens is 1. The first-order valence-corrected chi connectivity index (χ1v) is 11.5. The Hall–Kier alpha value is -4.05. The number of fused-ring (bicyclic) bond motifs is 1. The lowest BCUT2D eigenvalue weighted by atomic mass is 10.1. The molecule has 0 spiro atoms. The van der Waals surface area contributed by atoms with Crippen molar-refractivity contribution in [1.29, 1.82) is 0 Å². The largest absolute Gasteiger partial charge is 0.495 e. The van der Waals surface area contributed by atoms with E-state index < -0.39 is 27.6 Å². The third-order valence-corrected chi connectivity index (χ3v) is 6.35. The molecule has 1 heterocycles. The molecule has 0 aliphatic carbocycles. The molecule has 7 nitrogen and oxygen atoms in total. The summed E-state index contributed by atoms with van der Waals surface area (Å²) in [6, 6.07) is 14.3. The van der Waals surface area contributed by atoms with Crippen molar-refractivity contribution in [2.75, 3.05) is 17.1 Å². The number of halogens is 2. The minimum atomic E-state index is -4.05. The molecule has 0 saturated carbocycles. The Balaban J connectivity index is 1.65. The van der Waals surface area contributed by atoms with Gasteiger partial charge in [0.25, 0.3) is 15.9 Å². The fourth-order valence-electron chi connectivity index (χ4n) is 3.40. The van der Waals surface area contributed by atoms with Crippen LogP contribution >= 0.6 is 0 Å². The fourth-order valence-corrected chi connectivity index (χ4v) is 4.46. The van der Waals surface area contributed by atoms with E-state index in [4.69, 9.17) is 4.74 Å². The maximum atomic E-state index is 13.6. The summed E-state index contributed by atoms with van der Waals surface area (Å²) in [5.41, 5.74) is 1.51. The van der Waals surface area contributed by atoms with Gasteiger partial charge in [-0.25, -0.2) is 17.2 Å². The van der Waals surface area contributed by atoms with Gasteiger partial charge >= 0.3 is 0 Å². The number of carbonyl (C=O) groups excluding carboxylic acids is 1. The van der Waals surface area contributed by atoms with Gasteiger partial charge < -0.3 is 10.1 Å². The molecule has 0 atom stereocenters. The minimum absolute atomic E-state index is 0.0717. The average molecular weight is 483 g/mol. The highest BCUT2D eigenvalue weighted by Crippen LogP contribution is 2.31. The minimum Gasteiger partial charge on any atom is -0.495 e. The van der Waals surface area contributed by atoms with E-state index >= 15 is 0 Å². The number of hydrogen-bond acceptors (Lipinski definition) is 5. The summed E-state index contributed by atoms with van der Waals surface area (Å²) in [6.07, 6.45) is 0. The Bertz CT molecular complexity index is 1500. The molecule has 0 fully saturated rings. The van der Waals surface area contributed by atoms with Gasteiger partial charge in [0, 0.05) is 22.8 Å². The van der Waals surface area contributed by atoms with Gasteiger partial charge in [-0.15, -0.1) is 0 Å². The Kier molecular flexibility index (Phi) is 6.16. The summed E-state index contributed by atoms with van der Waals surface area (Å²) in [7, 11) is -2.68. The second kappa shape index (κ2) is 9.06. The molecule has 0 bridgehead atoms.